The predicted octanol–water partition coefficient (Wildman–Crippen LogP) is 5.72. The Morgan fingerprint density at radius 1 is 0.857 bits per heavy atom. The highest BCUT2D eigenvalue weighted by molar-refractivity contribution is 9.10. The van der Waals surface area contributed by atoms with Crippen molar-refractivity contribution in [1.29, 1.82) is 0 Å². The molecule has 112 valence electrons. The van der Waals surface area contributed by atoms with Crippen LogP contribution in [0.15, 0.2) is 45.6 Å². The van der Waals surface area contributed by atoms with Crippen molar-refractivity contribution in [2.45, 2.75) is 32.6 Å². The van der Waals surface area contributed by atoms with E-state index in [0.717, 1.165) is 33.5 Å². The molecule has 0 amide bonds. The van der Waals surface area contributed by atoms with E-state index in [9.17, 15) is 0 Å². The van der Waals surface area contributed by atoms with Crippen LogP contribution in [0.25, 0.3) is 0 Å². The van der Waals surface area contributed by atoms with E-state index in [0.29, 0.717) is 0 Å². The van der Waals surface area contributed by atoms with Crippen LogP contribution in [0.3, 0.4) is 0 Å². The van der Waals surface area contributed by atoms with Gasteiger partial charge in [-0.2, -0.15) is 0 Å². The van der Waals surface area contributed by atoms with Crippen molar-refractivity contribution in [2.24, 2.45) is 0 Å². The Hall–Kier alpha value is -0.940. The third-order valence-electron chi connectivity index (χ3n) is 3.21. The van der Waals surface area contributed by atoms with E-state index in [1.807, 2.05) is 36.7 Å². The average Bonchev–Trinajstić information content (AvgIpc) is 2.50. The number of rotatable bonds is 7. The van der Waals surface area contributed by atoms with Gasteiger partial charge in [-0.3, -0.25) is 0 Å². The number of anilines is 2. The third-order valence-corrected chi connectivity index (χ3v) is 4.15. The maximum atomic E-state index is 4.50. The fourth-order valence-electron chi connectivity index (χ4n) is 2.10. The molecule has 0 radical (unpaired) electrons. The van der Waals surface area contributed by atoms with E-state index >= 15 is 0 Å². The number of halogens is 2. The molecule has 0 saturated carbocycles. The first-order chi connectivity index (χ1) is 10.2. The van der Waals surface area contributed by atoms with Gasteiger partial charge in [-0.05, 0) is 62.5 Å². The molecule has 0 spiro atoms. The van der Waals surface area contributed by atoms with Crippen molar-refractivity contribution < 1.29 is 0 Å². The van der Waals surface area contributed by atoms with Gasteiger partial charge in [-0.15, -0.1) is 0 Å². The van der Waals surface area contributed by atoms with Crippen LogP contribution in [-0.4, -0.2) is 16.5 Å². The molecule has 2 heterocycles. The first-order valence-corrected chi connectivity index (χ1v) is 8.80. The van der Waals surface area contributed by atoms with E-state index in [-0.39, 0.29) is 0 Å². The van der Waals surface area contributed by atoms with Gasteiger partial charge in [0.1, 0.15) is 11.6 Å². The summed E-state index contributed by atoms with van der Waals surface area (Å²) in [6.07, 6.45) is 8.55. The summed E-state index contributed by atoms with van der Waals surface area (Å²) in [6.45, 7) is 3.16. The molecule has 0 aliphatic rings. The van der Waals surface area contributed by atoms with E-state index in [4.69, 9.17) is 0 Å². The largest absolute Gasteiger partial charge is 0.311 e. The summed E-state index contributed by atoms with van der Waals surface area (Å²) in [4.78, 5) is 11.2. The van der Waals surface area contributed by atoms with E-state index in [1.165, 1.54) is 19.3 Å². The van der Waals surface area contributed by atoms with Crippen LogP contribution < -0.4 is 4.90 Å². The summed E-state index contributed by atoms with van der Waals surface area (Å²) < 4.78 is 1.97. The second-order valence-electron chi connectivity index (χ2n) is 4.88. The van der Waals surface area contributed by atoms with Crippen molar-refractivity contribution in [2.75, 3.05) is 11.4 Å². The standard InChI is InChI=1S/C16H19Br2N3/c1-2-3-4-5-10-21(15-8-6-13(17)11-19-15)16-9-7-14(18)12-20-16/h6-9,11-12H,2-5,10H2,1H3. The second kappa shape index (κ2) is 8.49. The smallest absolute Gasteiger partial charge is 0.134 e. The lowest BCUT2D eigenvalue weighted by molar-refractivity contribution is 0.664. The molecule has 0 aliphatic carbocycles. The van der Waals surface area contributed by atoms with Gasteiger partial charge in [0.25, 0.3) is 0 Å². The van der Waals surface area contributed by atoms with E-state index < -0.39 is 0 Å². The highest BCUT2D eigenvalue weighted by atomic mass is 79.9. The molecule has 21 heavy (non-hydrogen) atoms. The second-order valence-corrected chi connectivity index (χ2v) is 6.71. The number of pyridine rings is 2. The Morgan fingerprint density at radius 2 is 1.43 bits per heavy atom. The Kier molecular flexibility index (Phi) is 6.64. The summed E-state index contributed by atoms with van der Waals surface area (Å²) >= 11 is 6.86. The van der Waals surface area contributed by atoms with Crippen LogP contribution >= 0.6 is 31.9 Å². The minimum atomic E-state index is 0.934. The van der Waals surface area contributed by atoms with Gasteiger partial charge in [0, 0.05) is 27.9 Å². The van der Waals surface area contributed by atoms with Crippen LogP contribution in [0.5, 0.6) is 0 Å². The zero-order valence-corrected chi connectivity index (χ0v) is 15.3. The summed E-state index contributed by atoms with van der Waals surface area (Å²) in [6, 6.07) is 8.07. The lowest BCUT2D eigenvalue weighted by atomic mass is 10.2. The Morgan fingerprint density at radius 3 is 1.86 bits per heavy atom. The number of hydrogen-bond donors (Lipinski definition) is 0. The van der Waals surface area contributed by atoms with Gasteiger partial charge in [0.2, 0.25) is 0 Å². The molecule has 0 N–H and O–H groups in total. The molecular weight excluding hydrogens is 394 g/mol. The number of unbranched alkanes of at least 4 members (excludes halogenated alkanes) is 3. The molecule has 0 aromatic carbocycles. The van der Waals surface area contributed by atoms with Crippen LogP contribution in [0.4, 0.5) is 11.6 Å². The van der Waals surface area contributed by atoms with Gasteiger partial charge < -0.3 is 4.90 Å². The molecule has 5 heteroatoms. The molecule has 2 aromatic heterocycles. The summed E-state index contributed by atoms with van der Waals surface area (Å²) in [5.74, 6) is 1.87. The molecule has 0 atom stereocenters. The maximum absolute atomic E-state index is 4.50. The quantitative estimate of drug-likeness (QED) is 0.544. The maximum Gasteiger partial charge on any atom is 0.134 e. The molecule has 0 saturated heterocycles. The van der Waals surface area contributed by atoms with E-state index in [1.54, 1.807) is 0 Å². The monoisotopic (exact) mass is 411 g/mol. The molecule has 0 aliphatic heterocycles. The SMILES string of the molecule is CCCCCCN(c1ccc(Br)cn1)c1ccc(Br)cn1. The number of hydrogen-bond acceptors (Lipinski definition) is 3. The highest BCUT2D eigenvalue weighted by Crippen LogP contribution is 2.24. The molecule has 3 nitrogen and oxygen atoms in total. The Labute approximate surface area is 143 Å². The number of aromatic nitrogens is 2. The first kappa shape index (κ1) is 16.4. The van der Waals surface area contributed by atoms with Crippen LogP contribution in [0.1, 0.15) is 32.6 Å². The van der Waals surface area contributed by atoms with Gasteiger partial charge in [-0.1, -0.05) is 26.2 Å². The van der Waals surface area contributed by atoms with Crippen LogP contribution in [-0.2, 0) is 0 Å². The zero-order valence-electron chi connectivity index (χ0n) is 12.1. The fourth-order valence-corrected chi connectivity index (χ4v) is 2.57. The van der Waals surface area contributed by atoms with Crippen molar-refractivity contribution in [3.8, 4) is 0 Å². The molecule has 0 unspecified atom stereocenters. The summed E-state index contributed by atoms with van der Waals surface area (Å²) in [5.41, 5.74) is 0. The molecule has 0 fully saturated rings. The van der Waals surface area contributed by atoms with Crippen molar-refractivity contribution >= 4 is 43.5 Å². The van der Waals surface area contributed by atoms with Crippen molar-refractivity contribution in [3.05, 3.63) is 45.6 Å². The third kappa shape index (κ3) is 5.08. The normalized spacial score (nSPS) is 10.6. The summed E-state index contributed by atoms with van der Waals surface area (Å²) in [5, 5.41) is 0. The Balaban J connectivity index is 2.17. The van der Waals surface area contributed by atoms with Crippen molar-refractivity contribution in [3.63, 3.8) is 0 Å². The summed E-state index contributed by atoms with van der Waals surface area (Å²) in [7, 11) is 0. The van der Waals surface area contributed by atoms with Gasteiger partial charge in [0.05, 0.1) is 0 Å². The lowest BCUT2D eigenvalue weighted by Gasteiger charge is -2.22. The molecule has 2 rings (SSSR count). The highest BCUT2D eigenvalue weighted by Gasteiger charge is 2.11. The predicted molar refractivity (Wildman–Crippen MR) is 95.0 cm³/mol. The van der Waals surface area contributed by atoms with Gasteiger partial charge in [-0.25, -0.2) is 9.97 Å². The lowest BCUT2D eigenvalue weighted by Crippen LogP contribution is -2.20. The van der Waals surface area contributed by atoms with Gasteiger partial charge >= 0.3 is 0 Å². The van der Waals surface area contributed by atoms with Gasteiger partial charge in [0.15, 0.2) is 0 Å². The number of nitrogens with zero attached hydrogens (tertiary/aromatic N) is 3. The molecule has 0 bridgehead atoms. The fraction of sp³-hybridized carbons (Fsp3) is 0.375. The molecule has 2 aromatic rings. The zero-order chi connectivity index (χ0) is 15.1. The first-order valence-electron chi connectivity index (χ1n) is 7.21. The minimum Gasteiger partial charge on any atom is -0.311 e. The topological polar surface area (TPSA) is 29.0 Å². The van der Waals surface area contributed by atoms with Crippen LogP contribution in [0.2, 0.25) is 0 Å². The van der Waals surface area contributed by atoms with E-state index in [2.05, 4.69) is 53.7 Å². The van der Waals surface area contributed by atoms with Crippen molar-refractivity contribution in [1.82, 2.24) is 9.97 Å². The minimum absolute atomic E-state index is 0.934. The average molecular weight is 413 g/mol. The molecular formula is C16H19Br2N3. The van der Waals surface area contributed by atoms with Crippen LogP contribution in [0, 0.1) is 0 Å². The Bertz CT molecular complexity index is 495.